The van der Waals surface area contributed by atoms with Gasteiger partial charge in [0, 0.05) is 11.9 Å². The van der Waals surface area contributed by atoms with E-state index in [1.54, 1.807) is 36.4 Å². The van der Waals surface area contributed by atoms with Gasteiger partial charge < -0.3 is 5.32 Å². The number of rotatable bonds is 4. The lowest BCUT2D eigenvalue weighted by Gasteiger charge is -2.14. The van der Waals surface area contributed by atoms with Crippen LogP contribution in [0.5, 0.6) is 0 Å². The zero-order valence-electron chi connectivity index (χ0n) is 14.3. The Kier molecular flexibility index (Phi) is 4.22. The molecule has 0 aliphatic carbocycles. The van der Waals surface area contributed by atoms with Gasteiger partial charge in [0.2, 0.25) is 5.91 Å². The highest BCUT2D eigenvalue weighted by atomic mass is 16.2. The average Bonchev–Trinajstić information content (AvgIpc) is 2.94. The first kappa shape index (κ1) is 16.7. The van der Waals surface area contributed by atoms with Crippen LogP contribution in [0.4, 0.5) is 11.4 Å². The minimum absolute atomic E-state index is 0.140. The van der Waals surface area contributed by atoms with Crippen LogP contribution in [0.1, 0.15) is 26.4 Å². The maximum absolute atomic E-state index is 12.5. The Morgan fingerprint density at radius 3 is 2.33 bits per heavy atom. The highest BCUT2D eigenvalue weighted by Crippen LogP contribution is 2.27. The molecule has 0 unspecified atom stereocenters. The number of benzene rings is 2. The molecule has 2 heterocycles. The van der Waals surface area contributed by atoms with Crippen molar-refractivity contribution in [1.82, 2.24) is 4.98 Å². The van der Waals surface area contributed by atoms with Gasteiger partial charge in [-0.25, -0.2) is 4.90 Å². The molecule has 0 radical (unpaired) electrons. The van der Waals surface area contributed by atoms with Crippen LogP contribution >= 0.6 is 0 Å². The summed E-state index contributed by atoms with van der Waals surface area (Å²) in [6.45, 7) is 0. The van der Waals surface area contributed by atoms with Gasteiger partial charge in [-0.1, -0.05) is 30.3 Å². The second kappa shape index (κ2) is 6.84. The summed E-state index contributed by atoms with van der Waals surface area (Å²) in [5, 5.41) is 2.81. The molecule has 3 aromatic rings. The fourth-order valence-electron chi connectivity index (χ4n) is 2.98. The quantitative estimate of drug-likeness (QED) is 0.728. The van der Waals surface area contributed by atoms with Gasteiger partial charge in [-0.3, -0.25) is 19.4 Å². The number of carbonyl (C=O) groups excluding carboxylic acids is 3. The number of amides is 3. The molecule has 4 rings (SSSR count). The first-order valence-electron chi connectivity index (χ1n) is 8.41. The summed E-state index contributed by atoms with van der Waals surface area (Å²) in [4.78, 5) is 42.1. The van der Waals surface area contributed by atoms with Crippen molar-refractivity contribution in [1.29, 1.82) is 0 Å². The summed E-state index contributed by atoms with van der Waals surface area (Å²) in [5.74, 6) is -0.987. The van der Waals surface area contributed by atoms with Gasteiger partial charge in [-0.2, -0.15) is 0 Å². The molecule has 0 spiro atoms. The number of imide groups is 1. The minimum Gasteiger partial charge on any atom is -0.326 e. The van der Waals surface area contributed by atoms with E-state index in [1.165, 1.54) is 6.20 Å². The van der Waals surface area contributed by atoms with Crippen molar-refractivity contribution < 1.29 is 14.4 Å². The summed E-state index contributed by atoms with van der Waals surface area (Å²) < 4.78 is 0. The summed E-state index contributed by atoms with van der Waals surface area (Å²) >= 11 is 0. The van der Waals surface area contributed by atoms with Crippen molar-refractivity contribution in [2.24, 2.45) is 0 Å². The van der Waals surface area contributed by atoms with Crippen LogP contribution in [0, 0.1) is 0 Å². The van der Waals surface area contributed by atoms with Crippen LogP contribution in [-0.4, -0.2) is 22.7 Å². The lowest BCUT2D eigenvalue weighted by atomic mass is 10.1. The number of hydrogen-bond acceptors (Lipinski definition) is 4. The van der Waals surface area contributed by atoms with Gasteiger partial charge in [0.1, 0.15) is 5.69 Å². The zero-order chi connectivity index (χ0) is 18.8. The molecule has 0 saturated heterocycles. The number of hydrogen-bond donors (Lipinski definition) is 1. The van der Waals surface area contributed by atoms with E-state index in [-0.39, 0.29) is 18.0 Å². The van der Waals surface area contributed by atoms with E-state index in [9.17, 15) is 14.4 Å². The normalized spacial score (nSPS) is 12.8. The minimum atomic E-state index is -0.448. The number of aromatic nitrogens is 1. The van der Waals surface area contributed by atoms with Gasteiger partial charge in [0.25, 0.3) is 11.8 Å². The first-order valence-corrected chi connectivity index (χ1v) is 8.41. The molecule has 132 valence electrons. The number of nitrogens with zero attached hydrogens (tertiary/aromatic N) is 2. The van der Waals surface area contributed by atoms with Crippen LogP contribution in [0.15, 0.2) is 72.9 Å². The third kappa shape index (κ3) is 3.20. The van der Waals surface area contributed by atoms with Gasteiger partial charge in [-0.15, -0.1) is 0 Å². The Balaban J connectivity index is 1.48. The summed E-state index contributed by atoms with van der Waals surface area (Å²) in [5.41, 5.74) is 2.40. The standard InChI is InChI=1S/C21H15N3O3/c25-18(13-14-5-2-1-3-6-14)23-15-8-10-16(11-9-15)24-20(26)17-7-4-12-22-19(17)21(24)27/h1-12H,13H2,(H,23,25). The second-order valence-electron chi connectivity index (χ2n) is 6.10. The Hall–Kier alpha value is -3.80. The van der Waals surface area contributed by atoms with E-state index in [2.05, 4.69) is 10.3 Å². The predicted octanol–water partition coefficient (Wildman–Crippen LogP) is 3.06. The second-order valence-corrected chi connectivity index (χ2v) is 6.10. The highest BCUT2D eigenvalue weighted by molar-refractivity contribution is 6.33. The lowest BCUT2D eigenvalue weighted by molar-refractivity contribution is -0.115. The molecule has 0 bridgehead atoms. The van der Waals surface area contributed by atoms with E-state index in [1.807, 2.05) is 30.3 Å². The number of fused-ring (bicyclic) bond motifs is 1. The van der Waals surface area contributed by atoms with Crippen molar-refractivity contribution >= 4 is 29.1 Å². The zero-order valence-corrected chi connectivity index (χ0v) is 14.3. The molecule has 2 aromatic carbocycles. The number of nitrogens with one attached hydrogen (secondary N) is 1. The Morgan fingerprint density at radius 1 is 0.889 bits per heavy atom. The van der Waals surface area contributed by atoms with Crippen molar-refractivity contribution in [3.8, 4) is 0 Å². The summed E-state index contributed by atoms with van der Waals surface area (Å²) in [7, 11) is 0. The maximum atomic E-state index is 12.5. The Bertz CT molecular complexity index is 995. The van der Waals surface area contributed by atoms with E-state index in [4.69, 9.17) is 0 Å². The van der Waals surface area contributed by atoms with Crippen molar-refractivity contribution in [3.63, 3.8) is 0 Å². The average molecular weight is 357 g/mol. The largest absolute Gasteiger partial charge is 0.326 e. The van der Waals surface area contributed by atoms with Crippen LogP contribution in [0.25, 0.3) is 0 Å². The molecule has 0 saturated carbocycles. The van der Waals surface area contributed by atoms with Crippen molar-refractivity contribution in [2.75, 3.05) is 10.2 Å². The molecule has 0 fully saturated rings. The fourth-order valence-corrected chi connectivity index (χ4v) is 2.98. The topological polar surface area (TPSA) is 79.4 Å². The smallest absolute Gasteiger partial charge is 0.284 e. The molecule has 1 aromatic heterocycles. The summed E-state index contributed by atoms with van der Waals surface area (Å²) in [6, 6.07) is 19.2. The molecule has 27 heavy (non-hydrogen) atoms. The number of carbonyl (C=O) groups is 3. The molecular weight excluding hydrogens is 342 g/mol. The molecule has 1 N–H and O–H groups in total. The van der Waals surface area contributed by atoms with E-state index in [0.717, 1.165) is 10.5 Å². The molecule has 0 atom stereocenters. The Morgan fingerprint density at radius 2 is 1.63 bits per heavy atom. The Labute approximate surface area is 155 Å². The number of anilines is 2. The van der Waals surface area contributed by atoms with Crippen LogP contribution in [-0.2, 0) is 11.2 Å². The molecule has 3 amide bonds. The predicted molar refractivity (Wildman–Crippen MR) is 101 cm³/mol. The van der Waals surface area contributed by atoms with E-state index >= 15 is 0 Å². The molecule has 1 aliphatic rings. The SMILES string of the molecule is O=C(Cc1ccccc1)Nc1ccc(N2C(=O)c3cccnc3C2=O)cc1. The van der Waals surface area contributed by atoms with E-state index < -0.39 is 11.8 Å². The molecular formula is C21H15N3O3. The molecule has 6 nitrogen and oxygen atoms in total. The highest BCUT2D eigenvalue weighted by Gasteiger charge is 2.37. The van der Waals surface area contributed by atoms with Crippen molar-refractivity contribution in [2.45, 2.75) is 6.42 Å². The lowest BCUT2D eigenvalue weighted by Crippen LogP contribution is -2.29. The van der Waals surface area contributed by atoms with Gasteiger partial charge in [0.15, 0.2) is 0 Å². The third-order valence-electron chi connectivity index (χ3n) is 4.26. The summed E-state index contributed by atoms with van der Waals surface area (Å²) in [6.07, 6.45) is 1.76. The van der Waals surface area contributed by atoms with Crippen molar-refractivity contribution in [3.05, 3.63) is 89.7 Å². The number of pyridine rings is 1. The van der Waals surface area contributed by atoms with Gasteiger partial charge in [0.05, 0.1) is 17.7 Å². The molecule has 1 aliphatic heterocycles. The fraction of sp³-hybridized carbons (Fsp3) is 0.0476. The van der Waals surface area contributed by atoms with E-state index in [0.29, 0.717) is 16.9 Å². The third-order valence-corrected chi connectivity index (χ3v) is 4.26. The van der Waals surface area contributed by atoms with Crippen LogP contribution < -0.4 is 10.2 Å². The van der Waals surface area contributed by atoms with Crippen LogP contribution in [0.2, 0.25) is 0 Å². The molecule has 6 heteroatoms. The monoisotopic (exact) mass is 357 g/mol. The maximum Gasteiger partial charge on any atom is 0.284 e. The van der Waals surface area contributed by atoms with Crippen LogP contribution in [0.3, 0.4) is 0 Å². The van der Waals surface area contributed by atoms with Gasteiger partial charge >= 0.3 is 0 Å². The van der Waals surface area contributed by atoms with Gasteiger partial charge in [-0.05, 0) is 42.0 Å². The first-order chi connectivity index (χ1) is 13.1.